The number of aliphatic hydroxyl groups is 1. The van der Waals surface area contributed by atoms with E-state index in [1.54, 1.807) is 0 Å². The smallest absolute Gasteiger partial charge is 0.391 e. The van der Waals surface area contributed by atoms with Gasteiger partial charge in [-0.3, -0.25) is 4.79 Å². The summed E-state index contributed by atoms with van der Waals surface area (Å²) >= 11 is 0. The fourth-order valence-electron chi connectivity index (χ4n) is 1.74. The number of anilines is 1. The average Bonchev–Trinajstić information content (AvgIpc) is 2.37. The fraction of sp³-hybridized carbons (Fsp3) is 0.538. The van der Waals surface area contributed by atoms with E-state index in [0.29, 0.717) is 18.7 Å². The number of hydrogen-bond acceptors (Lipinski definition) is 3. The van der Waals surface area contributed by atoms with Crippen LogP contribution < -0.4 is 16.2 Å². The van der Waals surface area contributed by atoms with Gasteiger partial charge in [0.2, 0.25) is 0 Å². The maximum absolute atomic E-state index is 12.5. The number of nitrogens with one attached hydrogen (secondary N) is 3. The monoisotopic (exact) mass is 321 g/mol. The molecule has 6 nitrogen and oxygen atoms in total. The van der Waals surface area contributed by atoms with Gasteiger partial charge in [0.1, 0.15) is 5.69 Å². The van der Waals surface area contributed by atoms with E-state index in [4.69, 9.17) is 0 Å². The number of aliphatic hydroxyl groups excluding tert-OH is 1. The second-order valence-electron chi connectivity index (χ2n) is 5.25. The normalized spacial score (nSPS) is 13.0. The van der Waals surface area contributed by atoms with Gasteiger partial charge in [-0.15, -0.1) is 0 Å². The maximum Gasteiger partial charge on any atom is 0.417 e. The maximum atomic E-state index is 12.5. The molecular weight excluding hydrogens is 303 g/mol. The molecule has 1 aromatic rings. The minimum absolute atomic E-state index is 0.0686. The molecule has 1 heterocycles. The van der Waals surface area contributed by atoms with Crippen LogP contribution in [0.3, 0.4) is 0 Å². The summed E-state index contributed by atoms with van der Waals surface area (Å²) in [5.74, 6) is 0.228. The number of H-pyrrole nitrogens is 1. The molecule has 1 atom stereocenters. The highest BCUT2D eigenvalue weighted by Crippen LogP contribution is 2.29. The number of hydrogen-bond donors (Lipinski definition) is 4. The van der Waals surface area contributed by atoms with Crippen molar-refractivity contribution in [1.29, 1.82) is 0 Å². The number of carbonyl (C=O) groups excluding carboxylic acids is 1. The van der Waals surface area contributed by atoms with Crippen molar-refractivity contribution in [3.05, 3.63) is 28.2 Å². The molecule has 0 aromatic carbocycles. The van der Waals surface area contributed by atoms with Gasteiger partial charge < -0.3 is 20.7 Å². The van der Waals surface area contributed by atoms with Crippen LogP contribution in [0.25, 0.3) is 0 Å². The Hall–Kier alpha value is -2.03. The Morgan fingerprint density at radius 3 is 2.59 bits per heavy atom. The second kappa shape index (κ2) is 7.30. The van der Waals surface area contributed by atoms with Crippen molar-refractivity contribution in [2.24, 2.45) is 5.92 Å². The molecule has 0 radical (unpaired) electrons. The zero-order valence-corrected chi connectivity index (χ0v) is 12.1. The molecule has 0 saturated carbocycles. The SMILES string of the molecule is CC(C)CC(O)CNC(=O)Nc1cc(C(F)(F)F)c[nH]c1=O. The highest BCUT2D eigenvalue weighted by Gasteiger charge is 2.31. The van der Waals surface area contributed by atoms with Crippen LogP contribution in [0.4, 0.5) is 23.7 Å². The molecule has 22 heavy (non-hydrogen) atoms. The molecule has 0 aliphatic heterocycles. The van der Waals surface area contributed by atoms with Gasteiger partial charge in [-0.2, -0.15) is 13.2 Å². The van der Waals surface area contributed by atoms with Crippen molar-refractivity contribution in [3.63, 3.8) is 0 Å². The Morgan fingerprint density at radius 1 is 1.41 bits per heavy atom. The fourth-order valence-corrected chi connectivity index (χ4v) is 1.74. The lowest BCUT2D eigenvalue weighted by molar-refractivity contribution is -0.137. The molecule has 0 saturated heterocycles. The number of aromatic amines is 1. The van der Waals surface area contributed by atoms with Gasteiger partial charge in [-0.25, -0.2) is 4.79 Å². The Kier molecular flexibility index (Phi) is 5.98. The van der Waals surface area contributed by atoms with Crippen LogP contribution in [-0.2, 0) is 6.18 Å². The molecule has 4 N–H and O–H groups in total. The van der Waals surface area contributed by atoms with E-state index < -0.39 is 35.1 Å². The first-order valence-corrected chi connectivity index (χ1v) is 6.62. The summed E-state index contributed by atoms with van der Waals surface area (Å²) in [7, 11) is 0. The van der Waals surface area contributed by atoms with Crippen LogP contribution in [0.15, 0.2) is 17.1 Å². The number of amides is 2. The van der Waals surface area contributed by atoms with Gasteiger partial charge in [0, 0.05) is 12.7 Å². The van der Waals surface area contributed by atoms with Crippen LogP contribution in [0, 0.1) is 5.92 Å². The van der Waals surface area contributed by atoms with Crippen molar-refractivity contribution in [3.8, 4) is 0 Å². The van der Waals surface area contributed by atoms with Gasteiger partial charge in [-0.05, 0) is 18.4 Å². The number of carbonyl (C=O) groups is 1. The van der Waals surface area contributed by atoms with Gasteiger partial charge in [0.15, 0.2) is 0 Å². The highest BCUT2D eigenvalue weighted by molar-refractivity contribution is 5.89. The van der Waals surface area contributed by atoms with Crippen molar-refractivity contribution in [2.45, 2.75) is 32.5 Å². The molecule has 2 amide bonds. The van der Waals surface area contributed by atoms with Crippen LogP contribution >= 0.6 is 0 Å². The minimum Gasteiger partial charge on any atom is -0.391 e. The van der Waals surface area contributed by atoms with Crippen molar-refractivity contribution >= 4 is 11.7 Å². The molecule has 0 aliphatic carbocycles. The number of aromatic nitrogens is 1. The lowest BCUT2D eigenvalue weighted by Crippen LogP contribution is -2.37. The summed E-state index contributed by atoms with van der Waals surface area (Å²) in [4.78, 5) is 24.9. The van der Waals surface area contributed by atoms with Crippen LogP contribution in [0.2, 0.25) is 0 Å². The zero-order valence-electron chi connectivity index (χ0n) is 12.1. The highest BCUT2D eigenvalue weighted by atomic mass is 19.4. The lowest BCUT2D eigenvalue weighted by atomic mass is 10.1. The van der Waals surface area contributed by atoms with E-state index in [2.05, 4.69) is 5.32 Å². The molecular formula is C13H18F3N3O3. The van der Waals surface area contributed by atoms with Crippen molar-refractivity contribution in [2.75, 3.05) is 11.9 Å². The Labute approximate surface area is 124 Å². The van der Waals surface area contributed by atoms with Gasteiger partial charge >= 0.3 is 12.2 Å². The number of rotatable bonds is 5. The summed E-state index contributed by atoms with van der Waals surface area (Å²) < 4.78 is 37.6. The van der Waals surface area contributed by atoms with Gasteiger partial charge in [0.25, 0.3) is 5.56 Å². The molecule has 124 valence electrons. The standard InChI is InChI=1S/C13H18F3N3O3/c1-7(2)3-9(20)6-18-12(22)19-10-4-8(13(14,15)16)5-17-11(10)21/h4-5,7,9,20H,3,6H2,1-2H3,(H,17,21)(H2,18,19,22). The van der Waals surface area contributed by atoms with E-state index in [1.807, 2.05) is 24.1 Å². The number of alkyl halides is 3. The molecule has 0 bridgehead atoms. The Morgan fingerprint density at radius 2 is 2.05 bits per heavy atom. The number of urea groups is 1. The third-order valence-corrected chi connectivity index (χ3v) is 2.72. The summed E-state index contributed by atoms with van der Waals surface area (Å²) in [5, 5.41) is 13.9. The molecule has 0 spiro atoms. The van der Waals surface area contributed by atoms with E-state index in [-0.39, 0.29) is 12.5 Å². The van der Waals surface area contributed by atoms with E-state index >= 15 is 0 Å². The minimum atomic E-state index is -4.63. The summed E-state index contributed by atoms with van der Waals surface area (Å²) in [5.41, 5.74) is -2.46. The quantitative estimate of drug-likeness (QED) is 0.667. The number of halogens is 3. The van der Waals surface area contributed by atoms with Gasteiger partial charge in [0.05, 0.1) is 11.7 Å². The topological polar surface area (TPSA) is 94.2 Å². The third-order valence-electron chi connectivity index (χ3n) is 2.72. The van der Waals surface area contributed by atoms with Crippen LogP contribution in [-0.4, -0.2) is 28.8 Å². The summed E-state index contributed by atoms with van der Waals surface area (Å²) in [6, 6.07) is -0.323. The van der Waals surface area contributed by atoms with Crippen molar-refractivity contribution in [1.82, 2.24) is 10.3 Å². The summed E-state index contributed by atoms with van der Waals surface area (Å²) in [6.45, 7) is 3.72. The average molecular weight is 321 g/mol. The Bertz CT molecular complexity index is 570. The second-order valence-corrected chi connectivity index (χ2v) is 5.25. The zero-order chi connectivity index (χ0) is 16.9. The third kappa shape index (κ3) is 5.76. The summed E-state index contributed by atoms with van der Waals surface area (Å²) in [6.07, 6.45) is -4.42. The first-order chi connectivity index (χ1) is 10.1. The number of pyridine rings is 1. The lowest BCUT2D eigenvalue weighted by Gasteiger charge is -2.14. The first kappa shape index (κ1) is 18.0. The molecule has 0 aliphatic rings. The van der Waals surface area contributed by atoms with E-state index in [0.717, 1.165) is 0 Å². The first-order valence-electron chi connectivity index (χ1n) is 6.62. The Balaban J connectivity index is 2.67. The largest absolute Gasteiger partial charge is 0.417 e. The predicted octanol–water partition coefficient (Wildman–Crippen LogP) is 1.92. The van der Waals surface area contributed by atoms with E-state index in [1.165, 1.54) is 0 Å². The molecule has 1 aromatic heterocycles. The predicted molar refractivity (Wildman–Crippen MR) is 74.5 cm³/mol. The van der Waals surface area contributed by atoms with E-state index in [9.17, 15) is 27.9 Å². The molecule has 9 heteroatoms. The van der Waals surface area contributed by atoms with Crippen LogP contribution in [0.5, 0.6) is 0 Å². The van der Waals surface area contributed by atoms with Gasteiger partial charge in [-0.1, -0.05) is 13.8 Å². The molecule has 1 unspecified atom stereocenters. The van der Waals surface area contributed by atoms with Crippen molar-refractivity contribution < 1.29 is 23.1 Å². The molecule has 0 fully saturated rings. The van der Waals surface area contributed by atoms with Crippen LogP contribution in [0.1, 0.15) is 25.8 Å². The molecule has 1 rings (SSSR count).